The smallest absolute Gasteiger partial charge is 0.140 e. The summed E-state index contributed by atoms with van der Waals surface area (Å²) in [5, 5.41) is 4.22. The summed E-state index contributed by atoms with van der Waals surface area (Å²) in [7, 11) is 0. The van der Waals surface area contributed by atoms with Crippen LogP contribution in [0.4, 0.5) is 4.39 Å². The zero-order valence-electron chi connectivity index (χ0n) is 12.9. The van der Waals surface area contributed by atoms with Gasteiger partial charge in [0.2, 0.25) is 0 Å². The molecule has 0 aliphatic heterocycles. The highest BCUT2D eigenvalue weighted by Gasteiger charge is 2.09. The van der Waals surface area contributed by atoms with Gasteiger partial charge in [-0.2, -0.15) is 0 Å². The third kappa shape index (κ3) is 4.51. The van der Waals surface area contributed by atoms with E-state index in [1.807, 2.05) is 13.8 Å². The molecule has 2 aromatic rings. The predicted molar refractivity (Wildman–Crippen MR) is 84.3 cm³/mol. The van der Waals surface area contributed by atoms with Crippen LogP contribution in [-0.4, -0.2) is 11.0 Å². The normalized spacial score (nSPS) is 11.1. The third-order valence-electron chi connectivity index (χ3n) is 3.15. The van der Waals surface area contributed by atoms with E-state index in [2.05, 4.69) is 24.1 Å². The van der Waals surface area contributed by atoms with Crippen molar-refractivity contribution in [2.75, 3.05) is 0 Å². The molecular formula is C16H21FN2OS. The van der Waals surface area contributed by atoms with Crippen molar-refractivity contribution >= 4 is 11.3 Å². The van der Waals surface area contributed by atoms with Crippen molar-refractivity contribution < 1.29 is 9.13 Å². The van der Waals surface area contributed by atoms with E-state index in [0.717, 1.165) is 16.3 Å². The van der Waals surface area contributed by atoms with Gasteiger partial charge in [-0.1, -0.05) is 13.8 Å². The fraction of sp³-hybridized carbons (Fsp3) is 0.438. The van der Waals surface area contributed by atoms with Crippen molar-refractivity contribution in [3.05, 3.63) is 45.2 Å². The summed E-state index contributed by atoms with van der Waals surface area (Å²) >= 11 is 1.64. The quantitative estimate of drug-likeness (QED) is 0.876. The number of aromatic nitrogens is 1. The van der Waals surface area contributed by atoms with Crippen molar-refractivity contribution in [3.8, 4) is 5.75 Å². The van der Waals surface area contributed by atoms with Crippen molar-refractivity contribution in [1.82, 2.24) is 10.3 Å². The number of nitrogens with zero attached hydrogens (tertiary/aromatic N) is 1. The molecule has 0 saturated heterocycles. The highest BCUT2D eigenvalue weighted by Crippen LogP contribution is 2.23. The number of aryl methyl sites for hydroxylation is 2. The van der Waals surface area contributed by atoms with E-state index in [1.165, 1.54) is 17.0 Å². The maximum Gasteiger partial charge on any atom is 0.140 e. The molecule has 1 N–H and O–H groups in total. The average molecular weight is 308 g/mol. The topological polar surface area (TPSA) is 34.1 Å². The van der Waals surface area contributed by atoms with Crippen molar-refractivity contribution in [2.45, 2.75) is 46.9 Å². The molecule has 5 heteroatoms. The molecule has 0 fully saturated rings. The molecule has 114 valence electrons. The van der Waals surface area contributed by atoms with Gasteiger partial charge in [0.15, 0.2) is 0 Å². The first-order valence-electron chi connectivity index (χ1n) is 7.03. The molecule has 21 heavy (non-hydrogen) atoms. The number of rotatable bonds is 6. The molecule has 0 bridgehead atoms. The van der Waals surface area contributed by atoms with Gasteiger partial charge in [0.25, 0.3) is 0 Å². The first-order valence-corrected chi connectivity index (χ1v) is 7.85. The van der Waals surface area contributed by atoms with Crippen LogP contribution in [0.1, 0.15) is 35.0 Å². The van der Waals surface area contributed by atoms with E-state index in [9.17, 15) is 4.39 Å². The summed E-state index contributed by atoms with van der Waals surface area (Å²) in [6, 6.07) is 4.96. The molecule has 0 radical (unpaired) electrons. The lowest BCUT2D eigenvalue weighted by atomic mass is 10.2. The lowest BCUT2D eigenvalue weighted by Crippen LogP contribution is -2.22. The summed E-state index contributed by atoms with van der Waals surface area (Å²) in [5.74, 6) is 0.457. The Hall–Kier alpha value is -1.46. The fourth-order valence-electron chi connectivity index (χ4n) is 1.88. The summed E-state index contributed by atoms with van der Waals surface area (Å²) in [5.41, 5.74) is 1.87. The Morgan fingerprint density at radius 3 is 2.71 bits per heavy atom. The lowest BCUT2D eigenvalue weighted by Gasteiger charge is -2.13. The molecule has 0 aliphatic rings. The minimum absolute atomic E-state index is 0.246. The van der Waals surface area contributed by atoms with Gasteiger partial charge in [-0.05, 0) is 32.0 Å². The van der Waals surface area contributed by atoms with Gasteiger partial charge in [0.1, 0.15) is 23.2 Å². The van der Waals surface area contributed by atoms with Crippen LogP contribution in [-0.2, 0) is 13.2 Å². The summed E-state index contributed by atoms with van der Waals surface area (Å²) in [4.78, 5) is 5.65. The van der Waals surface area contributed by atoms with Crippen LogP contribution in [0.3, 0.4) is 0 Å². The Morgan fingerprint density at radius 2 is 2.10 bits per heavy atom. The van der Waals surface area contributed by atoms with Gasteiger partial charge < -0.3 is 10.1 Å². The van der Waals surface area contributed by atoms with E-state index in [0.29, 0.717) is 24.9 Å². The van der Waals surface area contributed by atoms with E-state index in [1.54, 1.807) is 17.4 Å². The Kier molecular flexibility index (Phi) is 5.31. The first kappa shape index (κ1) is 15.9. The highest BCUT2D eigenvalue weighted by molar-refractivity contribution is 7.11. The molecule has 1 aromatic carbocycles. The van der Waals surface area contributed by atoms with E-state index in [4.69, 9.17) is 4.74 Å². The highest BCUT2D eigenvalue weighted by atomic mass is 32.1. The minimum Gasteiger partial charge on any atom is -0.486 e. The molecule has 1 heterocycles. The van der Waals surface area contributed by atoms with Gasteiger partial charge in [-0.15, -0.1) is 11.3 Å². The Balaban J connectivity index is 2.07. The second-order valence-electron chi connectivity index (χ2n) is 5.33. The lowest BCUT2D eigenvalue weighted by molar-refractivity contribution is 0.300. The zero-order chi connectivity index (χ0) is 15.4. The average Bonchev–Trinajstić information content (AvgIpc) is 2.74. The maximum absolute atomic E-state index is 13.4. The number of benzene rings is 1. The van der Waals surface area contributed by atoms with Crippen molar-refractivity contribution in [2.24, 2.45) is 0 Å². The summed E-state index contributed by atoms with van der Waals surface area (Å²) in [6.45, 7) is 9.15. The molecule has 0 spiro atoms. The van der Waals surface area contributed by atoms with Gasteiger partial charge in [-0.25, -0.2) is 9.37 Å². The monoisotopic (exact) mass is 308 g/mol. The van der Waals surface area contributed by atoms with E-state index >= 15 is 0 Å². The molecule has 0 amide bonds. The number of hydrogen-bond donors (Lipinski definition) is 1. The first-order chi connectivity index (χ1) is 9.95. The molecule has 3 nitrogen and oxygen atoms in total. The second kappa shape index (κ2) is 7.00. The Labute approximate surface area is 129 Å². The number of hydrogen-bond acceptors (Lipinski definition) is 4. The van der Waals surface area contributed by atoms with Crippen LogP contribution < -0.4 is 10.1 Å². The molecule has 0 atom stereocenters. The molecule has 2 rings (SSSR count). The van der Waals surface area contributed by atoms with Crippen LogP contribution in [0.15, 0.2) is 18.2 Å². The Bertz CT molecular complexity index is 591. The largest absolute Gasteiger partial charge is 0.486 e. The maximum atomic E-state index is 13.4. The second-order valence-corrected chi connectivity index (χ2v) is 6.61. The van der Waals surface area contributed by atoms with Gasteiger partial charge >= 0.3 is 0 Å². The number of halogens is 1. The summed E-state index contributed by atoms with van der Waals surface area (Å²) < 4.78 is 19.2. The molecule has 0 aliphatic carbocycles. The third-order valence-corrected chi connectivity index (χ3v) is 4.19. The van der Waals surface area contributed by atoms with Crippen LogP contribution >= 0.6 is 11.3 Å². The van der Waals surface area contributed by atoms with Crippen LogP contribution in [0, 0.1) is 19.7 Å². The number of thiazole rings is 1. The van der Waals surface area contributed by atoms with E-state index in [-0.39, 0.29) is 5.82 Å². The SMILES string of the molecule is Cc1nc(COc2ccc(F)cc2CNC(C)C)sc1C. The van der Waals surface area contributed by atoms with Crippen LogP contribution in [0.2, 0.25) is 0 Å². The fourth-order valence-corrected chi connectivity index (χ4v) is 2.73. The number of nitrogens with one attached hydrogen (secondary N) is 1. The van der Waals surface area contributed by atoms with Gasteiger partial charge in [0.05, 0.1) is 5.69 Å². The van der Waals surface area contributed by atoms with Gasteiger partial charge in [-0.3, -0.25) is 0 Å². The molecule has 0 saturated carbocycles. The van der Waals surface area contributed by atoms with Crippen LogP contribution in [0.5, 0.6) is 5.75 Å². The number of ether oxygens (including phenoxy) is 1. The molecular weight excluding hydrogens is 287 g/mol. The standard InChI is InChI=1S/C16H21FN2OS/c1-10(2)18-8-13-7-14(17)5-6-15(13)20-9-16-19-11(3)12(4)21-16/h5-7,10,18H,8-9H2,1-4H3. The van der Waals surface area contributed by atoms with Crippen molar-refractivity contribution in [3.63, 3.8) is 0 Å². The minimum atomic E-state index is -0.246. The van der Waals surface area contributed by atoms with Crippen LogP contribution in [0.25, 0.3) is 0 Å². The Morgan fingerprint density at radius 1 is 1.33 bits per heavy atom. The van der Waals surface area contributed by atoms with E-state index < -0.39 is 0 Å². The zero-order valence-corrected chi connectivity index (χ0v) is 13.7. The van der Waals surface area contributed by atoms with Gasteiger partial charge in [0, 0.05) is 23.0 Å². The summed E-state index contributed by atoms with van der Waals surface area (Å²) in [6.07, 6.45) is 0. The molecule has 1 aromatic heterocycles. The van der Waals surface area contributed by atoms with Crippen molar-refractivity contribution in [1.29, 1.82) is 0 Å². The molecule has 0 unspecified atom stereocenters. The predicted octanol–water partition coefficient (Wildman–Crippen LogP) is 3.98.